The fourth-order valence-electron chi connectivity index (χ4n) is 0.766. The lowest BCUT2D eigenvalue weighted by molar-refractivity contribution is 0.252. The van der Waals surface area contributed by atoms with E-state index in [-0.39, 0.29) is 11.1 Å². The van der Waals surface area contributed by atoms with Crippen molar-refractivity contribution in [2.45, 2.75) is 51.9 Å². The minimum absolute atomic E-state index is 0.106. The van der Waals surface area contributed by atoms with Crippen molar-refractivity contribution in [1.82, 2.24) is 0 Å². The molecule has 0 saturated carbocycles. The van der Waals surface area contributed by atoms with Gasteiger partial charge in [-0.1, -0.05) is 25.9 Å². The number of nitrogens with zero attached hydrogens (tertiary/aromatic N) is 1. The summed E-state index contributed by atoms with van der Waals surface area (Å²) in [6.45, 7) is 12.8. The third-order valence-electron chi connectivity index (χ3n) is 2.56. The quantitative estimate of drug-likeness (QED) is 0.332. The van der Waals surface area contributed by atoms with Gasteiger partial charge in [0.2, 0.25) is 0 Å². The lowest BCUT2D eigenvalue weighted by atomic mass is 10.2. The van der Waals surface area contributed by atoms with Crippen LogP contribution in [0, 0.1) is 0 Å². The van der Waals surface area contributed by atoms with Crippen LogP contribution in [0.3, 0.4) is 0 Å². The molecule has 0 aliphatic heterocycles. The van der Waals surface area contributed by atoms with E-state index in [2.05, 4.69) is 39.0 Å². The summed E-state index contributed by atoms with van der Waals surface area (Å²) in [6.07, 6.45) is 1.31. The highest BCUT2D eigenvalue weighted by Gasteiger charge is 2.38. The number of oxime groups is 1. The lowest BCUT2D eigenvalue weighted by Crippen LogP contribution is -2.43. The largest absolute Gasteiger partial charge is 0.411 e. The first-order chi connectivity index (χ1) is 5.70. The predicted molar refractivity (Wildman–Crippen MR) is 58.0 cm³/mol. The van der Waals surface area contributed by atoms with Gasteiger partial charge in [0, 0.05) is 0 Å². The molecule has 0 aliphatic rings. The van der Waals surface area contributed by atoms with Gasteiger partial charge in [0.15, 0.2) is 8.32 Å². The molecule has 0 saturated heterocycles. The van der Waals surface area contributed by atoms with Crippen LogP contribution < -0.4 is 0 Å². The number of hydrogen-bond donors (Lipinski definition) is 1. The highest BCUT2D eigenvalue weighted by Crippen LogP contribution is 2.37. The van der Waals surface area contributed by atoms with Crippen LogP contribution in [0.1, 0.15) is 27.7 Å². The monoisotopic (exact) mass is 203 g/mol. The smallest absolute Gasteiger partial charge is 0.192 e. The predicted octanol–water partition coefficient (Wildman–Crippen LogP) is 2.86. The van der Waals surface area contributed by atoms with E-state index >= 15 is 0 Å². The third kappa shape index (κ3) is 3.91. The van der Waals surface area contributed by atoms with Gasteiger partial charge in [-0.05, 0) is 25.1 Å². The molecule has 0 aromatic heterocycles. The van der Waals surface area contributed by atoms with Crippen molar-refractivity contribution in [2.24, 2.45) is 5.16 Å². The second-order valence-corrected chi connectivity index (χ2v) is 9.60. The molecule has 0 amide bonds. The number of rotatable bonds is 3. The average molecular weight is 203 g/mol. The van der Waals surface area contributed by atoms with Gasteiger partial charge in [0.05, 0.1) is 12.3 Å². The average Bonchev–Trinajstić information content (AvgIpc) is 1.83. The second-order valence-electron chi connectivity index (χ2n) is 4.85. The molecule has 13 heavy (non-hydrogen) atoms. The van der Waals surface area contributed by atoms with Gasteiger partial charge in [-0.2, -0.15) is 0 Å². The summed E-state index contributed by atoms with van der Waals surface area (Å²) in [5.41, 5.74) is 0. The van der Waals surface area contributed by atoms with E-state index in [0.29, 0.717) is 0 Å². The molecule has 1 N–H and O–H groups in total. The molecule has 0 radical (unpaired) electrons. The molecule has 0 aliphatic carbocycles. The van der Waals surface area contributed by atoms with E-state index in [9.17, 15) is 0 Å². The van der Waals surface area contributed by atoms with Crippen LogP contribution in [-0.4, -0.2) is 25.8 Å². The summed E-state index contributed by atoms with van der Waals surface area (Å²) in [7, 11) is -1.71. The van der Waals surface area contributed by atoms with Gasteiger partial charge in [-0.25, -0.2) is 0 Å². The first-order valence-electron chi connectivity index (χ1n) is 4.56. The van der Waals surface area contributed by atoms with Crippen molar-refractivity contribution in [3.63, 3.8) is 0 Å². The molecular weight excluding hydrogens is 182 g/mol. The maximum absolute atomic E-state index is 8.34. The molecule has 0 unspecified atom stereocenters. The second kappa shape index (κ2) is 4.24. The minimum atomic E-state index is -1.71. The van der Waals surface area contributed by atoms with Crippen molar-refractivity contribution >= 4 is 14.5 Å². The zero-order chi connectivity index (χ0) is 10.7. The van der Waals surface area contributed by atoms with E-state index in [1.807, 2.05) is 6.92 Å². The fourth-order valence-corrected chi connectivity index (χ4v) is 2.11. The highest BCUT2D eigenvalue weighted by molar-refractivity contribution is 6.74. The fraction of sp³-hybridized carbons (Fsp3) is 0.889. The highest BCUT2D eigenvalue weighted by atomic mass is 28.4. The van der Waals surface area contributed by atoms with Crippen LogP contribution in [-0.2, 0) is 4.43 Å². The van der Waals surface area contributed by atoms with Crippen molar-refractivity contribution in [3.05, 3.63) is 0 Å². The Balaban J connectivity index is 4.33. The van der Waals surface area contributed by atoms with Crippen LogP contribution in [0.25, 0.3) is 0 Å². The molecule has 0 bridgehead atoms. The Morgan fingerprint density at radius 3 is 2.15 bits per heavy atom. The summed E-state index contributed by atoms with van der Waals surface area (Å²) < 4.78 is 5.87. The zero-order valence-corrected chi connectivity index (χ0v) is 10.5. The van der Waals surface area contributed by atoms with Crippen LogP contribution >= 0.6 is 0 Å². The summed E-state index contributed by atoms with van der Waals surface area (Å²) in [5, 5.41) is 11.5. The van der Waals surface area contributed by atoms with Gasteiger partial charge in [-0.3, -0.25) is 0 Å². The Bertz CT molecular complexity index is 185. The molecule has 4 heteroatoms. The molecule has 0 heterocycles. The first-order valence-corrected chi connectivity index (χ1v) is 7.47. The molecule has 0 rings (SSSR count). The van der Waals surface area contributed by atoms with Crippen molar-refractivity contribution in [3.8, 4) is 0 Å². The molecule has 1 atom stereocenters. The Morgan fingerprint density at radius 1 is 1.38 bits per heavy atom. The number of hydrogen-bond acceptors (Lipinski definition) is 3. The van der Waals surface area contributed by atoms with E-state index < -0.39 is 8.32 Å². The third-order valence-corrected chi connectivity index (χ3v) is 7.14. The van der Waals surface area contributed by atoms with E-state index in [1.165, 1.54) is 6.21 Å². The van der Waals surface area contributed by atoms with Gasteiger partial charge < -0.3 is 9.63 Å². The zero-order valence-electron chi connectivity index (χ0n) is 9.46. The van der Waals surface area contributed by atoms with E-state index in [4.69, 9.17) is 9.63 Å². The molecule has 0 aromatic carbocycles. The summed E-state index contributed by atoms with van der Waals surface area (Å²) >= 11 is 0. The first kappa shape index (κ1) is 12.6. The normalized spacial score (nSPS) is 16.5. The molecule has 78 valence electrons. The maximum Gasteiger partial charge on any atom is 0.192 e. The van der Waals surface area contributed by atoms with Gasteiger partial charge in [0.25, 0.3) is 0 Å². The van der Waals surface area contributed by atoms with Crippen LogP contribution in [0.5, 0.6) is 0 Å². The summed E-state index contributed by atoms with van der Waals surface area (Å²) in [6, 6.07) is 0. The lowest BCUT2D eigenvalue weighted by Gasteiger charge is -2.37. The Kier molecular flexibility index (Phi) is 4.12. The molecule has 0 fully saturated rings. The van der Waals surface area contributed by atoms with Crippen LogP contribution in [0.4, 0.5) is 0 Å². The van der Waals surface area contributed by atoms with E-state index in [0.717, 1.165) is 0 Å². The van der Waals surface area contributed by atoms with E-state index in [1.54, 1.807) is 0 Å². The Morgan fingerprint density at radius 2 is 1.85 bits per heavy atom. The minimum Gasteiger partial charge on any atom is -0.411 e. The van der Waals surface area contributed by atoms with Gasteiger partial charge >= 0.3 is 0 Å². The molecule has 0 spiro atoms. The van der Waals surface area contributed by atoms with Crippen molar-refractivity contribution < 1.29 is 9.63 Å². The molecule has 0 aromatic rings. The Hall–Kier alpha value is -0.353. The summed E-state index contributed by atoms with van der Waals surface area (Å²) in [5.74, 6) is 0. The Labute approximate surface area is 81.9 Å². The summed E-state index contributed by atoms with van der Waals surface area (Å²) in [4.78, 5) is 0. The van der Waals surface area contributed by atoms with Crippen LogP contribution in [0.2, 0.25) is 18.1 Å². The van der Waals surface area contributed by atoms with Crippen molar-refractivity contribution in [2.75, 3.05) is 0 Å². The van der Waals surface area contributed by atoms with Crippen LogP contribution in [0.15, 0.2) is 5.16 Å². The SMILES string of the molecule is C[C@H](/C=N/O)O[Si](C)(C)C(C)(C)C. The van der Waals surface area contributed by atoms with Gasteiger partial charge in [0.1, 0.15) is 0 Å². The topological polar surface area (TPSA) is 41.8 Å². The van der Waals surface area contributed by atoms with Gasteiger partial charge in [-0.15, -0.1) is 0 Å². The standard InChI is InChI=1S/C9H21NO2Si/c1-8(7-10-11)12-13(5,6)9(2,3)4/h7-8,11H,1-6H3/b10-7+/t8-/m1/s1. The van der Waals surface area contributed by atoms with Crippen molar-refractivity contribution in [1.29, 1.82) is 0 Å². The molecule has 3 nitrogen and oxygen atoms in total. The molecular formula is C9H21NO2Si. The maximum atomic E-state index is 8.34.